The van der Waals surface area contributed by atoms with Gasteiger partial charge in [-0.05, 0) is 29.8 Å². The Hall–Kier alpha value is -1.46. The largest absolute Gasteiger partial charge is 0.259 e. The number of benzene rings is 1. The number of sulfonamides is 1. The summed E-state index contributed by atoms with van der Waals surface area (Å²) in [4.78, 5) is 4.01. The monoisotopic (exact) mass is 399 g/mol. The van der Waals surface area contributed by atoms with Gasteiger partial charge >= 0.3 is 0 Å². The van der Waals surface area contributed by atoms with Crippen molar-refractivity contribution in [3.63, 3.8) is 0 Å². The van der Waals surface area contributed by atoms with E-state index in [9.17, 15) is 8.42 Å². The van der Waals surface area contributed by atoms with Crippen LogP contribution >= 0.6 is 27.5 Å². The number of aromatic nitrogens is 1. The molecule has 0 fully saturated rings. The summed E-state index contributed by atoms with van der Waals surface area (Å²) in [5.74, 6) is -0.166. The molecule has 0 unspecified atom stereocenters. The lowest BCUT2D eigenvalue weighted by Crippen LogP contribution is -2.25. The molecule has 0 amide bonds. The molecule has 0 radical (unpaired) electrons. The van der Waals surface area contributed by atoms with Crippen LogP contribution in [-0.4, -0.2) is 13.4 Å². The average Bonchev–Trinajstić information content (AvgIpc) is 2.49. The highest BCUT2D eigenvalue weighted by Crippen LogP contribution is 2.23. The lowest BCUT2D eigenvalue weighted by atomic mass is 10.2. The van der Waals surface area contributed by atoms with Crippen molar-refractivity contribution in [1.29, 1.82) is 5.26 Å². The van der Waals surface area contributed by atoms with Crippen molar-refractivity contribution < 1.29 is 8.42 Å². The fourth-order valence-corrected chi connectivity index (χ4v) is 3.81. The molecule has 0 spiro atoms. The third-order valence-corrected chi connectivity index (χ3v) is 5.04. The molecule has 2 rings (SSSR count). The summed E-state index contributed by atoms with van der Waals surface area (Å²) in [6.45, 7) is 0.0687. The molecule has 0 aliphatic rings. The van der Waals surface area contributed by atoms with Gasteiger partial charge in [-0.1, -0.05) is 33.6 Å². The van der Waals surface area contributed by atoms with Gasteiger partial charge in [0, 0.05) is 15.7 Å². The topological polar surface area (TPSA) is 82.9 Å². The Morgan fingerprint density at radius 2 is 2.09 bits per heavy atom. The van der Waals surface area contributed by atoms with Crippen LogP contribution in [0.15, 0.2) is 41.0 Å². The third kappa shape index (κ3) is 4.78. The SMILES string of the molecule is N#Cc1ccc(CNS(=O)(=O)Cc2ccc(Cl)cc2Br)nc1. The molecule has 0 saturated heterocycles. The fraction of sp³-hybridized carbons (Fsp3) is 0.143. The maximum atomic E-state index is 12.1. The van der Waals surface area contributed by atoms with E-state index < -0.39 is 10.0 Å². The predicted molar refractivity (Wildman–Crippen MR) is 87.6 cm³/mol. The Balaban J connectivity index is 2.03. The van der Waals surface area contributed by atoms with Gasteiger partial charge in [0.2, 0.25) is 10.0 Å². The Morgan fingerprint density at radius 1 is 1.32 bits per heavy atom. The molecule has 1 heterocycles. The van der Waals surface area contributed by atoms with Crippen molar-refractivity contribution in [2.45, 2.75) is 12.3 Å². The molecule has 0 aliphatic carbocycles. The van der Waals surface area contributed by atoms with Crippen LogP contribution in [0.3, 0.4) is 0 Å². The molecule has 1 aromatic carbocycles. The second-order valence-corrected chi connectivity index (χ2v) is 7.56. The molecule has 22 heavy (non-hydrogen) atoms. The zero-order valence-electron chi connectivity index (χ0n) is 11.3. The second kappa shape index (κ2) is 7.20. The van der Waals surface area contributed by atoms with Crippen LogP contribution in [-0.2, 0) is 22.3 Å². The Kier molecular flexibility index (Phi) is 5.53. The van der Waals surface area contributed by atoms with Crippen LogP contribution in [0.2, 0.25) is 5.02 Å². The number of nitrogens with one attached hydrogen (secondary N) is 1. The molecular formula is C14H11BrClN3O2S. The summed E-state index contributed by atoms with van der Waals surface area (Å²) < 4.78 is 27.3. The van der Waals surface area contributed by atoms with Gasteiger partial charge in [0.1, 0.15) is 6.07 Å². The van der Waals surface area contributed by atoms with Crippen molar-refractivity contribution in [2.75, 3.05) is 0 Å². The minimum Gasteiger partial charge on any atom is -0.259 e. The Labute approximate surface area is 142 Å². The Bertz CT molecular complexity index is 817. The normalized spacial score (nSPS) is 11.1. The molecule has 0 aliphatic heterocycles. The molecule has 5 nitrogen and oxygen atoms in total. The van der Waals surface area contributed by atoms with Crippen molar-refractivity contribution in [2.24, 2.45) is 0 Å². The third-order valence-electron chi connectivity index (χ3n) is 2.79. The highest BCUT2D eigenvalue weighted by atomic mass is 79.9. The summed E-state index contributed by atoms with van der Waals surface area (Å²) in [7, 11) is -3.51. The first kappa shape index (κ1) is 16.9. The zero-order valence-corrected chi connectivity index (χ0v) is 14.4. The minimum absolute atomic E-state index is 0.0687. The summed E-state index contributed by atoms with van der Waals surface area (Å²) >= 11 is 9.12. The second-order valence-electron chi connectivity index (χ2n) is 4.47. The van der Waals surface area contributed by atoms with Crippen molar-refractivity contribution in [1.82, 2.24) is 9.71 Å². The number of rotatable bonds is 5. The van der Waals surface area contributed by atoms with E-state index in [1.807, 2.05) is 6.07 Å². The van der Waals surface area contributed by atoms with Gasteiger partial charge in [-0.15, -0.1) is 0 Å². The molecule has 0 saturated carbocycles. The average molecular weight is 401 g/mol. The lowest BCUT2D eigenvalue weighted by Gasteiger charge is -2.08. The van der Waals surface area contributed by atoms with Crippen LogP contribution in [0, 0.1) is 11.3 Å². The number of nitrogens with zero attached hydrogens (tertiary/aromatic N) is 2. The first-order valence-electron chi connectivity index (χ1n) is 6.16. The summed E-state index contributed by atoms with van der Waals surface area (Å²) in [6, 6.07) is 10.1. The summed E-state index contributed by atoms with van der Waals surface area (Å²) in [6.07, 6.45) is 1.40. The maximum absolute atomic E-state index is 12.1. The molecule has 2 aromatic rings. The smallest absolute Gasteiger partial charge is 0.216 e. The number of hydrogen-bond acceptors (Lipinski definition) is 4. The van der Waals surface area contributed by atoms with E-state index in [2.05, 4.69) is 25.6 Å². The molecule has 0 bridgehead atoms. The fourth-order valence-electron chi connectivity index (χ4n) is 1.67. The summed E-state index contributed by atoms with van der Waals surface area (Å²) in [5, 5.41) is 9.21. The molecule has 1 N–H and O–H groups in total. The zero-order chi connectivity index (χ0) is 16.2. The first-order valence-corrected chi connectivity index (χ1v) is 8.98. The number of hydrogen-bond donors (Lipinski definition) is 1. The van der Waals surface area contributed by atoms with Gasteiger partial charge < -0.3 is 0 Å². The molecular weight excluding hydrogens is 390 g/mol. The van der Waals surface area contributed by atoms with Gasteiger partial charge in [0.15, 0.2) is 0 Å². The van der Waals surface area contributed by atoms with E-state index in [1.54, 1.807) is 30.3 Å². The van der Waals surface area contributed by atoms with Gasteiger partial charge in [0.05, 0.1) is 23.6 Å². The molecule has 8 heteroatoms. The van der Waals surface area contributed by atoms with E-state index in [0.29, 0.717) is 26.3 Å². The van der Waals surface area contributed by atoms with Gasteiger partial charge in [-0.2, -0.15) is 5.26 Å². The van der Waals surface area contributed by atoms with Gasteiger partial charge in [-0.25, -0.2) is 13.1 Å². The minimum atomic E-state index is -3.51. The molecule has 0 atom stereocenters. The first-order chi connectivity index (χ1) is 10.4. The van der Waals surface area contributed by atoms with E-state index in [-0.39, 0.29) is 12.3 Å². The highest BCUT2D eigenvalue weighted by Gasteiger charge is 2.14. The van der Waals surface area contributed by atoms with Crippen LogP contribution in [0.5, 0.6) is 0 Å². The summed E-state index contributed by atoms with van der Waals surface area (Å²) in [5.41, 5.74) is 1.58. The van der Waals surface area contributed by atoms with E-state index in [0.717, 1.165) is 0 Å². The molecule has 114 valence electrons. The van der Waals surface area contributed by atoms with E-state index >= 15 is 0 Å². The maximum Gasteiger partial charge on any atom is 0.216 e. The van der Waals surface area contributed by atoms with Crippen LogP contribution in [0.1, 0.15) is 16.8 Å². The quantitative estimate of drug-likeness (QED) is 0.836. The van der Waals surface area contributed by atoms with Crippen molar-refractivity contribution >= 4 is 37.6 Å². The van der Waals surface area contributed by atoms with E-state index in [1.165, 1.54) is 6.20 Å². The van der Waals surface area contributed by atoms with E-state index in [4.69, 9.17) is 16.9 Å². The molecule has 1 aromatic heterocycles. The number of nitriles is 1. The van der Waals surface area contributed by atoms with Crippen molar-refractivity contribution in [3.05, 3.63) is 62.8 Å². The highest BCUT2D eigenvalue weighted by molar-refractivity contribution is 9.10. The van der Waals surface area contributed by atoms with Crippen LogP contribution in [0.4, 0.5) is 0 Å². The lowest BCUT2D eigenvalue weighted by molar-refractivity contribution is 0.579. The number of halogens is 2. The number of pyridine rings is 1. The predicted octanol–water partition coefficient (Wildman–Crippen LogP) is 2.99. The van der Waals surface area contributed by atoms with Crippen LogP contribution < -0.4 is 4.72 Å². The van der Waals surface area contributed by atoms with Gasteiger partial charge in [0.25, 0.3) is 0 Å². The van der Waals surface area contributed by atoms with Crippen molar-refractivity contribution in [3.8, 4) is 6.07 Å². The van der Waals surface area contributed by atoms with Gasteiger partial charge in [-0.3, -0.25) is 4.98 Å². The Morgan fingerprint density at radius 3 is 2.68 bits per heavy atom. The standard InChI is InChI=1S/C14H11BrClN3O2S/c15-14-5-12(16)3-2-11(14)9-22(20,21)19-8-13-4-1-10(6-17)7-18-13/h1-5,7,19H,8-9H2. The van der Waals surface area contributed by atoms with Crippen LogP contribution in [0.25, 0.3) is 0 Å².